The number of nitrogens with one attached hydrogen (secondary N) is 1. The lowest BCUT2D eigenvalue weighted by Crippen LogP contribution is -2.45. The summed E-state index contributed by atoms with van der Waals surface area (Å²) in [6.45, 7) is 2.63. The van der Waals surface area contributed by atoms with Crippen molar-refractivity contribution in [3.05, 3.63) is 30.9 Å². The predicted octanol–water partition coefficient (Wildman–Crippen LogP) is 1.45. The Hall–Kier alpha value is -2.15. The number of hydrogen-bond acceptors (Lipinski definition) is 6. The highest BCUT2D eigenvalue weighted by molar-refractivity contribution is 5.31. The van der Waals surface area contributed by atoms with Gasteiger partial charge in [0.25, 0.3) is 0 Å². The molecule has 23 heavy (non-hydrogen) atoms. The molecule has 2 saturated heterocycles. The molecule has 0 aliphatic carbocycles. The van der Waals surface area contributed by atoms with Crippen LogP contribution < -0.4 is 10.2 Å². The summed E-state index contributed by atoms with van der Waals surface area (Å²) in [5.41, 5.74) is -0.00584. The summed E-state index contributed by atoms with van der Waals surface area (Å²) in [7, 11) is 2.00. The first-order valence-electron chi connectivity index (χ1n) is 8.14. The van der Waals surface area contributed by atoms with E-state index in [0.29, 0.717) is 6.04 Å². The third-order valence-corrected chi connectivity index (χ3v) is 4.87. The van der Waals surface area contributed by atoms with Crippen LogP contribution in [0.2, 0.25) is 0 Å². The minimum Gasteiger partial charge on any atom is -0.373 e. The van der Waals surface area contributed by atoms with Crippen molar-refractivity contribution in [2.24, 2.45) is 7.05 Å². The van der Waals surface area contributed by atoms with Crippen molar-refractivity contribution in [2.45, 2.75) is 30.9 Å². The topological polar surface area (TPSA) is 68.1 Å². The summed E-state index contributed by atoms with van der Waals surface area (Å²) in [4.78, 5) is 15.3. The van der Waals surface area contributed by atoms with E-state index in [1.807, 2.05) is 30.1 Å². The molecule has 2 aromatic rings. The number of ether oxygens (including phenoxy) is 1. The lowest BCUT2D eigenvalue weighted by atomic mass is 9.87. The maximum Gasteiger partial charge on any atom is 0.225 e. The average Bonchev–Trinajstić information content (AvgIpc) is 3.17. The molecule has 4 heterocycles. The quantitative estimate of drug-likeness (QED) is 0.925. The molecule has 7 heteroatoms. The Bertz CT molecular complexity index is 650. The molecular weight excluding hydrogens is 292 g/mol. The Morgan fingerprint density at radius 2 is 1.96 bits per heavy atom. The Labute approximate surface area is 135 Å². The van der Waals surface area contributed by atoms with E-state index in [0.717, 1.165) is 50.9 Å². The van der Waals surface area contributed by atoms with Gasteiger partial charge in [-0.1, -0.05) is 0 Å². The van der Waals surface area contributed by atoms with Gasteiger partial charge in [0.1, 0.15) is 0 Å². The normalized spacial score (nSPS) is 23.3. The molecule has 0 radical (unpaired) electrons. The van der Waals surface area contributed by atoms with Crippen LogP contribution in [-0.4, -0.2) is 50.9 Å². The molecule has 1 spiro atoms. The molecule has 0 bridgehead atoms. The number of piperidine rings is 1. The maximum absolute atomic E-state index is 6.20. The van der Waals surface area contributed by atoms with Crippen LogP contribution in [0.5, 0.6) is 0 Å². The highest BCUT2D eigenvalue weighted by Gasteiger charge is 2.43. The largest absolute Gasteiger partial charge is 0.373 e. The fraction of sp³-hybridized carbons (Fsp3) is 0.562. The van der Waals surface area contributed by atoms with Crippen molar-refractivity contribution >= 4 is 11.9 Å². The maximum atomic E-state index is 6.20. The minimum atomic E-state index is -0.00584. The van der Waals surface area contributed by atoms with Crippen LogP contribution in [-0.2, 0) is 11.8 Å². The number of nitrogens with zero attached hydrogens (tertiary/aromatic N) is 5. The molecule has 0 aromatic carbocycles. The monoisotopic (exact) mass is 314 g/mol. The van der Waals surface area contributed by atoms with Gasteiger partial charge >= 0.3 is 0 Å². The van der Waals surface area contributed by atoms with Gasteiger partial charge in [0.2, 0.25) is 11.9 Å². The van der Waals surface area contributed by atoms with E-state index >= 15 is 0 Å². The lowest BCUT2D eigenvalue weighted by Gasteiger charge is -2.38. The summed E-state index contributed by atoms with van der Waals surface area (Å²) in [6, 6.07) is 2.18. The van der Waals surface area contributed by atoms with Gasteiger partial charge in [-0.05, 0) is 25.3 Å². The first kappa shape index (κ1) is 14.4. The summed E-state index contributed by atoms with van der Waals surface area (Å²) in [6.07, 6.45) is 10.4. The van der Waals surface area contributed by atoms with Gasteiger partial charge in [0.05, 0.1) is 18.2 Å². The molecule has 0 saturated carbocycles. The van der Waals surface area contributed by atoms with Crippen LogP contribution in [0.1, 0.15) is 19.3 Å². The van der Waals surface area contributed by atoms with Crippen molar-refractivity contribution in [1.29, 1.82) is 0 Å². The molecule has 7 nitrogen and oxygen atoms in total. The summed E-state index contributed by atoms with van der Waals surface area (Å²) >= 11 is 0. The lowest BCUT2D eigenvalue weighted by molar-refractivity contribution is -0.0149. The van der Waals surface area contributed by atoms with E-state index in [1.165, 1.54) is 0 Å². The molecule has 0 amide bonds. The minimum absolute atomic E-state index is 0.00584. The highest BCUT2D eigenvalue weighted by Crippen LogP contribution is 2.37. The SMILES string of the molecule is Cn1ccnc1NC1COC2(CCN(c3ncccn3)CC2)C1. The third kappa shape index (κ3) is 2.88. The zero-order valence-electron chi connectivity index (χ0n) is 13.4. The van der Waals surface area contributed by atoms with Crippen LogP contribution in [0.25, 0.3) is 0 Å². The molecule has 2 fully saturated rings. The van der Waals surface area contributed by atoms with Gasteiger partial charge in [-0.25, -0.2) is 15.0 Å². The van der Waals surface area contributed by atoms with Gasteiger partial charge in [-0.15, -0.1) is 0 Å². The van der Waals surface area contributed by atoms with Gasteiger partial charge in [-0.2, -0.15) is 0 Å². The van der Waals surface area contributed by atoms with Crippen molar-refractivity contribution in [2.75, 3.05) is 29.9 Å². The number of hydrogen-bond donors (Lipinski definition) is 1. The van der Waals surface area contributed by atoms with Gasteiger partial charge < -0.3 is 19.5 Å². The third-order valence-electron chi connectivity index (χ3n) is 4.87. The molecule has 122 valence electrons. The van der Waals surface area contributed by atoms with Crippen LogP contribution in [0.15, 0.2) is 30.9 Å². The van der Waals surface area contributed by atoms with Gasteiger partial charge in [0, 0.05) is 44.9 Å². The Balaban J connectivity index is 1.36. The molecular formula is C16H22N6O. The number of imidazole rings is 1. The second-order valence-corrected chi connectivity index (χ2v) is 6.44. The van der Waals surface area contributed by atoms with Crippen molar-refractivity contribution in [3.8, 4) is 0 Å². The molecule has 4 rings (SSSR count). The van der Waals surface area contributed by atoms with E-state index in [1.54, 1.807) is 12.4 Å². The average molecular weight is 314 g/mol. The van der Waals surface area contributed by atoms with E-state index < -0.39 is 0 Å². The second kappa shape index (κ2) is 5.81. The molecule has 2 aromatic heterocycles. The molecule has 1 atom stereocenters. The smallest absolute Gasteiger partial charge is 0.225 e. The molecule has 2 aliphatic heterocycles. The standard InChI is InChI=1S/C16H22N6O/c1-21-10-7-19-15(21)20-13-11-16(23-12-13)3-8-22(9-4-16)14-17-5-2-6-18-14/h2,5-7,10,13H,3-4,8-9,11-12H2,1H3,(H,19,20). The van der Waals surface area contributed by atoms with Crippen LogP contribution >= 0.6 is 0 Å². The second-order valence-electron chi connectivity index (χ2n) is 6.44. The predicted molar refractivity (Wildman–Crippen MR) is 87.4 cm³/mol. The van der Waals surface area contributed by atoms with E-state index in [2.05, 4.69) is 25.2 Å². The zero-order chi connectivity index (χ0) is 15.7. The van der Waals surface area contributed by atoms with Gasteiger partial charge in [0.15, 0.2) is 0 Å². The molecule has 2 aliphatic rings. The number of aromatic nitrogens is 4. The molecule has 1 unspecified atom stereocenters. The van der Waals surface area contributed by atoms with Crippen molar-refractivity contribution in [3.63, 3.8) is 0 Å². The fourth-order valence-electron chi connectivity index (χ4n) is 3.54. The van der Waals surface area contributed by atoms with E-state index in [-0.39, 0.29) is 5.60 Å². The number of rotatable bonds is 3. The zero-order valence-corrected chi connectivity index (χ0v) is 13.4. The summed E-state index contributed by atoms with van der Waals surface area (Å²) in [5.74, 6) is 1.73. The Morgan fingerprint density at radius 1 is 1.17 bits per heavy atom. The molecule has 1 N–H and O–H groups in total. The first-order valence-corrected chi connectivity index (χ1v) is 8.14. The van der Waals surface area contributed by atoms with Crippen LogP contribution in [0, 0.1) is 0 Å². The van der Waals surface area contributed by atoms with Crippen LogP contribution in [0.4, 0.5) is 11.9 Å². The fourth-order valence-corrected chi connectivity index (χ4v) is 3.54. The first-order chi connectivity index (χ1) is 11.2. The Kier molecular flexibility index (Phi) is 3.65. The highest BCUT2D eigenvalue weighted by atomic mass is 16.5. The van der Waals surface area contributed by atoms with E-state index in [9.17, 15) is 0 Å². The summed E-state index contributed by atoms with van der Waals surface area (Å²) < 4.78 is 8.20. The van der Waals surface area contributed by atoms with Crippen LogP contribution in [0.3, 0.4) is 0 Å². The van der Waals surface area contributed by atoms with Crippen molar-refractivity contribution < 1.29 is 4.74 Å². The number of anilines is 2. The van der Waals surface area contributed by atoms with Crippen molar-refractivity contribution in [1.82, 2.24) is 19.5 Å². The number of aryl methyl sites for hydroxylation is 1. The Morgan fingerprint density at radius 3 is 2.65 bits per heavy atom. The van der Waals surface area contributed by atoms with E-state index in [4.69, 9.17) is 4.74 Å². The van der Waals surface area contributed by atoms with Gasteiger partial charge in [-0.3, -0.25) is 0 Å². The summed E-state index contributed by atoms with van der Waals surface area (Å²) in [5, 5.41) is 3.49.